The quantitative estimate of drug-likeness (QED) is 0.484. The van der Waals surface area contributed by atoms with Gasteiger partial charge in [0.15, 0.2) is 0 Å². The van der Waals surface area contributed by atoms with Crippen LogP contribution in [0.3, 0.4) is 0 Å². The summed E-state index contributed by atoms with van der Waals surface area (Å²) in [7, 11) is 0. The lowest BCUT2D eigenvalue weighted by molar-refractivity contribution is 0.302. The molecule has 0 spiro atoms. The van der Waals surface area contributed by atoms with Crippen LogP contribution in [0.25, 0.3) is 0 Å². The molecule has 0 fully saturated rings. The Hall–Kier alpha value is -1.88. The van der Waals surface area contributed by atoms with Crippen LogP contribution >= 0.6 is 27.5 Å². The molecule has 0 amide bonds. The second kappa shape index (κ2) is 9.17. The Bertz CT molecular complexity index is 870. The van der Waals surface area contributed by atoms with Crippen molar-refractivity contribution < 1.29 is 9.13 Å². The molecule has 0 aromatic heterocycles. The first kappa shape index (κ1) is 18.9. The maximum absolute atomic E-state index is 13.0. The lowest BCUT2D eigenvalue weighted by atomic mass is 10.1. The van der Waals surface area contributed by atoms with Crippen LogP contribution in [0, 0.1) is 5.82 Å². The summed E-state index contributed by atoms with van der Waals surface area (Å²) in [6.07, 6.45) is 0. The van der Waals surface area contributed by atoms with Crippen molar-refractivity contribution in [3.63, 3.8) is 0 Å². The number of hydrogen-bond acceptors (Lipinski definition) is 2. The molecule has 0 aliphatic carbocycles. The molecule has 5 heteroatoms. The van der Waals surface area contributed by atoms with Gasteiger partial charge in [0.25, 0.3) is 0 Å². The summed E-state index contributed by atoms with van der Waals surface area (Å²) in [6, 6.07) is 20.1. The lowest BCUT2D eigenvalue weighted by Crippen LogP contribution is -2.13. The van der Waals surface area contributed by atoms with Crippen LogP contribution in [0.1, 0.15) is 16.7 Å². The minimum atomic E-state index is -0.225. The minimum absolute atomic E-state index is 0.225. The molecule has 0 radical (unpaired) electrons. The van der Waals surface area contributed by atoms with Crippen LogP contribution in [0.5, 0.6) is 5.75 Å². The van der Waals surface area contributed by atoms with Gasteiger partial charge >= 0.3 is 0 Å². The second-order valence-electron chi connectivity index (χ2n) is 5.90. The third kappa shape index (κ3) is 5.56. The smallest absolute Gasteiger partial charge is 0.124 e. The molecule has 1 N–H and O–H groups in total. The first-order chi connectivity index (χ1) is 12.6. The van der Waals surface area contributed by atoms with E-state index in [-0.39, 0.29) is 5.82 Å². The van der Waals surface area contributed by atoms with Gasteiger partial charge in [0.1, 0.15) is 18.2 Å². The van der Waals surface area contributed by atoms with E-state index in [1.54, 1.807) is 12.1 Å². The molecule has 0 unspecified atom stereocenters. The molecule has 0 heterocycles. The first-order valence-corrected chi connectivity index (χ1v) is 9.38. The summed E-state index contributed by atoms with van der Waals surface area (Å²) in [5.74, 6) is 0.595. The molecule has 3 aromatic rings. The van der Waals surface area contributed by atoms with E-state index in [0.29, 0.717) is 24.7 Å². The summed E-state index contributed by atoms with van der Waals surface area (Å²) in [6.45, 7) is 1.75. The van der Waals surface area contributed by atoms with Crippen molar-refractivity contribution in [1.29, 1.82) is 0 Å². The summed E-state index contributed by atoms with van der Waals surface area (Å²) < 4.78 is 19.9. The molecule has 2 nitrogen and oxygen atoms in total. The fourth-order valence-corrected chi connectivity index (χ4v) is 3.18. The predicted octanol–water partition coefficient (Wildman–Crippen LogP) is 6.11. The highest BCUT2D eigenvalue weighted by Gasteiger charge is 2.06. The Morgan fingerprint density at radius 3 is 2.50 bits per heavy atom. The van der Waals surface area contributed by atoms with Gasteiger partial charge in [-0.15, -0.1) is 0 Å². The third-order valence-electron chi connectivity index (χ3n) is 3.86. The van der Waals surface area contributed by atoms with Crippen molar-refractivity contribution in [3.05, 3.63) is 98.7 Å². The van der Waals surface area contributed by atoms with Crippen molar-refractivity contribution in [1.82, 2.24) is 5.32 Å². The molecule has 0 saturated carbocycles. The van der Waals surface area contributed by atoms with Crippen LogP contribution in [0.2, 0.25) is 5.02 Å². The Morgan fingerprint density at radius 1 is 0.923 bits per heavy atom. The zero-order chi connectivity index (χ0) is 18.4. The van der Waals surface area contributed by atoms with Crippen LogP contribution in [-0.2, 0) is 19.7 Å². The van der Waals surface area contributed by atoms with E-state index in [1.165, 1.54) is 12.1 Å². The second-order valence-corrected chi connectivity index (χ2v) is 7.25. The van der Waals surface area contributed by atoms with Gasteiger partial charge in [-0.05, 0) is 53.6 Å². The van der Waals surface area contributed by atoms with Crippen LogP contribution in [-0.4, -0.2) is 0 Å². The average Bonchev–Trinajstić information content (AvgIpc) is 2.63. The Labute approximate surface area is 166 Å². The normalized spacial score (nSPS) is 10.7. The summed E-state index contributed by atoms with van der Waals surface area (Å²) >= 11 is 9.52. The maximum atomic E-state index is 13.0. The zero-order valence-corrected chi connectivity index (χ0v) is 16.4. The molecule has 0 saturated heterocycles. The van der Waals surface area contributed by atoms with Crippen molar-refractivity contribution in [2.24, 2.45) is 0 Å². The zero-order valence-electron chi connectivity index (χ0n) is 14.0. The SMILES string of the molecule is Fc1ccc(CNCc2cc(Br)ccc2OCc2cccc(Cl)c2)cc1. The number of halogens is 3. The average molecular weight is 435 g/mol. The number of ether oxygens (including phenoxy) is 1. The summed E-state index contributed by atoms with van der Waals surface area (Å²) in [4.78, 5) is 0. The largest absolute Gasteiger partial charge is 0.489 e. The third-order valence-corrected chi connectivity index (χ3v) is 4.59. The molecule has 26 heavy (non-hydrogen) atoms. The Morgan fingerprint density at radius 2 is 1.73 bits per heavy atom. The highest BCUT2D eigenvalue weighted by Crippen LogP contribution is 2.24. The number of hydrogen-bond donors (Lipinski definition) is 1. The standard InChI is InChI=1S/C21H18BrClFNO/c22-18-6-9-21(26-14-16-2-1-3-19(23)10-16)17(11-18)13-25-12-15-4-7-20(24)8-5-15/h1-11,25H,12-14H2. The van der Waals surface area contributed by atoms with Crippen molar-refractivity contribution in [2.75, 3.05) is 0 Å². The highest BCUT2D eigenvalue weighted by atomic mass is 79.9. The molecule has 0 aliphatic heterocycles. The van der Waals surface area contributed by atoms with E-state index in [4.69, 9.17) is 16.3 Å². The molecule has 0 bridgehead atoms. The molecule has 3 rings (SSSR count). The van der Waals surface area contributed by atoms with E-state index in [2.05, 4.69) is 21.2 Å². The number of benzene rings is 3. The summed E-state index contributed by atoms with van der Waals surface area (Å²) in [5.41, 5.74) is 3.09. The summed E-state index contributed by atoms with van der Waals surface area (Å²) in [5, 5.41) is 4.07. The molecular weight excluding hydrogens is 417 g/mol. The van der Waals surface area contributed by atoms with Crippen molar-refractivity contribution in [3.8, 4) is 5.75 Å². The van der Waals surface area contributed by atoms with Gasteiger partial charge < -0.3 is 10.1 Å². The van der Waals surface area contributed by atoms with Gasteiger partial charge in [0, 0.05) is 28.1 Å². The predicted molar refractivity (Wildman–Crippen MR) is 107 cm³/mol. The molecule has 0 atom stereocenters. The molecular formula is C21H18BrClFNO. The van der Waals surface area contributed by atoms with Gasteiger partial charge in [-0.2, -0.15) is 0 Å². The number of rotatable bonds is 7. The monoisotopic (exact) mass is 433 g/mol. The van der Waals surface area contributed by atoms with E-state index in [1.807, 2.05) is 42.5 Å². The molecule has 3 aromatic carbocycles. The van der Waals surface area contributed by atoms with E-state index in [9.17, 15) is 4.39 Å². The van der Waals surface area contributed by atoms with E-state index in [0.717, 1.165) is 26.9 Å². The first-order valence-electron chi connectivity index (χ1n) is 8.21. The van der Waals surface area contributed by atoms with Crippen LogP contribution in [0.15, 0.2) is 71.2 Å². The van der Waals surface area contributed by atoms with Gasteiger partial charge in [-0.25, -0.2) is 4.39 Å². The Kier molecular flexibility index (Phi) is 6.67. The Balaban J connectivity index is 1.62. The number of nitrogens with one attached hydrogen (secondary N) is 1. The minimum Gasteiger partial charge on any atom is -0.489 e. The van der Waals surface area contributed by atoms with Crippen LogP contribution in [0.4, 0.5) is 4.39 Å². The van der Waals surface area contributed by atoms with Gasteiger partial charge in [0.05, 0.1) is 0 Å². The lowest BCUT2D eigenvalue weighted by Gasteiger charge is -2.13. The van der Waals surface area contributed by atoms with Crippen molar-refractivity contribution >= 4 is 27.5 Å². The fourth-order valence-electron chi connectivity index (χ4n) is 2.56. The van der Waals surface area contributed by atoms with Gasteiger partial charge in [0.2, 0.25) is 0 Å². The maximum Gasteiger partial charge on any atom is 0.124 e. The molecule has 0 aliphatic rings. The van der Waals surface area contributed by atoms with Crippen molar-refractivity contribution in [2.45, 2.75) is 19.7 Å². The van der Waals surface area contributed by atoms with E-state index >= 15 is 0 Å². The van der Waals surface area contributed by atoms with Crippen LogP contribution < -0.4 is 10.1 Å². The van der Waals surface area contributed by atoms with E-state index < -0.39 is 0 Å². The fraction of sp³-hybridized carbons (Fsp3) is 0.143. The van der Waals surface area contributed by atoms with Gasteiger partial charge in [-0.1, -0.05) is 51.8 Å². The topological polar surface area (TPSA) is 21.3 Å². The van der Waals surface area contributed by atoms with Gasteiger partial charge in [-0.3, -0.25) is 0 Å². The molecule has 134 valence electrons. The highest BCUT2D eigenvalue weighted by molar-refractivity contribution is 9.10.